The Labute approximate surface area is 225 Å². The third-order valence-electron chi connectivity index (χ3n) is 7.07. The molecule has 0 amide bonds. The van der Waals surface area contributed by atoms with Gasteiger partial charge in [-0.25, -0.2) is 0 Å². The Bertz CT molecular complexity index is 1230. The van der Waals surface area contributed by atoms with Crippen LogP contribution in [0.5, 0.6) is 0 Å². The van der Waals surface area contributed by atoms with Crippen molar-refractivity contribution in [1.29, 1.82) is 0 Å². The molecule has 3 aromatic rings. The lowest BCUT2D eigenvalue weighted by Crippen LogP contribution is -2.34. The van der Waals surface area contributed by atoms with Crippen LogP contribution in [0.4, 0.5) is 13.2 Å². The molecule has 0 N–H and O–H groups in total. The van der Waals surface area contributed by atoms with Gasteiger partial charge in [-0.1, -0.05) is 101 Å². The van der Waals surface area contributed by atoms with Crippen molar-refractivity contribution in [3.63, 3.8) is 0 Å². The minimum atomic E-state index is -5.44. The number of halogens is 3. The number of alkyl halides is 3. The molecule has 38 heavy (non-hydrogen) atoms. The molecule has 210 valence electrons. The van der Waals surface area contributed by atoms with Crippen molar-refractivity contribution < 1.29 is 30.3 Å². The third kappa shape index (κ3) is 9.53. The largest absolute Gasteiger partial charge is 0.523 e. The number of aromatic nitrogens is 1. The van der Waals surface area contributed by atoms with E-state index in [-0.39, 0.29) is 0 Å². The van der Waals surface area contributed by atoms with E-state index >= 15 is 0 Å². The van der Waals surface area contributed by atoms with Crippen molar-refractivity contribution in [2.24, 2.45) is 0 Å². The topological polar surface area (TPSA) is 47.3 Å². The van der Waals surface area contributed by atoms with E-state index in [1.165, 1.54) is 79.5 Å². The molecule has 0 saturated carbocycles. The summed E-state index contributed by atoms with van der Waals surface area (Å²) in [6.45, 7) is 0.645. The van der Waals surface area contributed by atoms with Gasteiger partial charge >= 0.3 is 15.6 Å². The summed E-state index contributed by atoms with van der Waals surface area (Å²) in [6.07, 6.45) is 17.5. The van der Waals surface area contributed by atoms with E-state index < -0.39 is 22.2 Å². The zero-order chi connectivity index (χ0) is 27.3. The molecule has 4 nitrogen and oxygen atoms in total. The molecule has 0 aliphatic heterocycles. The standard InChI is InChI=1S/C30H41F3NO3S/c31-30(32,33)38(35,36)37-24-18-12-10-8-6-4-2-1-3-5-7-9-11-17-23-34-25-26-19-13-14-20-27(26)28-21-15-16-22-29(28)34/h13-16,19-22,25H,1-12,17-18,23-24H2/q+1. The number of hydrogen-bond acceptors (Lipinski definition) is 3. The van der Waals surface area contributed by atoms with Crippen LogP contribution in [0, 0.1) is 0 Å². The number of rotatable bonds is 18. The smallest absolute Gasteiger partial charge is 0.263 e. The average Bonchev–Trinajstić information content (AvgIpc) is 2.89. The van der Waals surface area contributed by atoms with Gasteiger partial charge < -0.3 is 0 Å². The molecule has 0 atom stereocenters. The second kappa shape index (κ2) is 15.4. The molecule has 0 aliphatic rings. The maximum absolute atomic E-state index is 12.2. The van der Waals surface area contributed by atoms with Crippen molar-refractivity contribution in [2.75, 3.05) is 6.61 Å². The highest BCUT2D eigenvalue weighted by Crippen LogP contribution is 2.25. The molecule has 0 bridgehead atoms. The van der Waals surface area contributed by atoms with E-state index in [2.05, 4.69) is 63.5 Å². The first kappa shape index (κ1) is 30.4. The maximum Gasteiger partial charge on any atom is 0.523 e. The molecule has 3 rings (SSSR count). The van der Waals surface area contributed by atoms with Crippen molar-refractivity contribution in [3.8, 4) is 0 Å². The van der Waals surface area contributed by atoms with Crippen molar-refractivity contribution in [2.45, 2.75) is 102 Å². The quantitative estimate of drug-likeness (QED) is 0.0522. The van der Waals surface area contributed by atoms with E-state index in [0.717, 1.165) is 25.8 Å². The van der Waals surface area contributed by atoms with Gasteiger partial charge in [0.05, 0.1) is 12.0 Å². The molecule has 8 heteroatoms. The van der Waals surface area contributed by atoms with Gasteiger partial charge in [0.25, 0.3) is 0 Å². The van der Waals surface area contributed by atoms with Crippen LogP contribution in [0.15, 0.2) is 54.7 Å². The van der Waals surface area contributed by atoms with Gasteiger partial charge in [-0.3, -0.25) is 4.18 Å². The molecule has 0 aliphatic carbocycles. The highest BCUT2D eigenvalue weighted by atomic mass is 32.2. The first-order chi connectivity index (χ1) is 18.3. The number of unbranched alkanes of at least 4 members (excludes halogenated alkanes) is 13. The number of fused-ring (bicyclic) bond motifs is 3. The fourth-order valence-corrected chi connectivity index (χ4v) is 5.44. The summed E-state index contributed by atoms with van der Waals surface area (Å²) in [5.74, 6) is 0. The maximum atomic E-state index is 12.2. The lowest BCUT2D eigenvalue weighted by atomic mass is 10.0. The Morgan fingerprint density at radius 2 is 1.11 bits per heavy atom. The van der Waals surface area contributed by atoms with Crippen molar-refractivity contribution in [3.05, 3.63) is 54.7 Å². The van der Waals surface area contributed by atoms with E-state index in [1.54, 1.807) is 0 Å². The van der Waals surface area contributed by atoms with E-state index in [4.69, 9.17) is 0 Å². The number of para-hydroxylation sites is 1. The molecule has 0 spiro atoms. The molecule has 0 saturated heterocycles. The summed E-state index contributed by atoms with van der Waals surface area (Å²) in [4.78, 5) is 0. The number of nitrogens with zero attached hydrogens (tertiary/aromatic N) is 1. The summed E-state index contributed by atoms with van der Waals surface area (Å²) in [6, 6.07) is 17.3. The van der Waals surface area contributed by atoms with Crippen LogP contribution in [0.2, 0.25) is 0 Å². The highest BCUT2D eigenvalue weighted by Gasteiger charge is 2.47. The Morgan fingerprint density at radius 3 is 1.68 bits per heavy atom. The minimum Gasteiger partial charge on any atom is -0.263 e. The van der Waals surface area contributed by atoms with Crippen LogP contribution in [0.1, 0.15) is 89.9 Å². The first-order valence-corrected chi connectivity index (χ1v) is 15.5. The lowest BCUT2D eigenvalue weighted by molar-refractivity contribution is -0.670. The van der Waals surface area contributed by atoms with Crippen LogP contribution in [-0.2, 0) is 20.8 Å². The molecular formula is C30H41F3NO3S+. The van der Waals surface area contributed by atoms with E-state index in [1.807, 2.05) is 0 Å². The van der Waals surface area contributed by atoms with Gasteiger partial charge in [0.15, 0.2) is 6.20 Å². The zero-order valence-corrected chi connectivity index (χ0v) is 23.0. The molecule has 0 unspecified atom stereocenters. The number of hydrogen-bond donors (Lipinski definition) is 0. The van der Waals surface area contributed by atoms with E-state index in [9.17, 15) is 21.6 Å². The summed E-state index contributed by atoms with van der Waals surface area (Å²) in [5.41, 5.74) is -4.03. The Balaban J connectivity index is 1.15. The predicted octanol–water partition coefficient (Wildman–Crippen LogP) is 8.61. The Morgan fingerprint density at radius 1 is 0.632 bits per heavy atom. The van der Waals surface area contributed by atoms with Gasteiger partial charge in [-0.2, -0.15) is 26.2 Å². The molecular weight excluding hydrogens is 511 g/mol. The summed E-state index contributed by atoms with van der Waals surface area (Å²) in [7, 11) is -5.44. The highest BCUT2D eigenvalue weighted by molar-refractivity contribution is 7.87. The van der Waals surface area contributed by atoms with Crippen LogP contribution in [-0.4, -0.2) is 20.5 Å². The number of aryl methyl sites for hydroxylation is 1. The van der Waals surface area contributed by atoms with Crippen LogP contribution in [0.25, 0.3) is 21.7 Å². The first-order valence-electron chi connectivity index (χ1n) is 14.1. The average molecular weight is 553 g/mol. The normalized spacial score (nSPS) is 12.5. The summed E-state index contributed by atoms with van der Waals surface area (Å²) >= 11 is 0. The SMILES string of the molecule is O=S(=O)(OCCCCCCCCCCCCCCCC[n+]1cc2ccccc2c2ccccc21)C(F)(F)F. The van der Waals surface area contributed by atoms with Crippen LogP contribution >= 0.6 is 0 Å². The number of benzene rings is 2. The predicted molar refractivity (Wildman–Crippen MR) is 147 cm³/mol. The van der Waals surface area contributed by atoms with Crippen LogP contribution in [0.3, 0.4) is 0 Å². The zero-order valence-electron chi connectivity index (χ0n) is 22.2. The van der Waals surface area contributed by atoms with Gasteiger partial charge in [0, 0.05) is 23.3 Å². The molecule has 1 aromatic heterocycles. The Hall–Kier alpha value is -2.19. The summed E-state index contributed by atoms with van der Waals surface area (Å²) in [5, 5.41) is 3.92. The van der Waals surface area contributed by atoms with Crippen molar-refractivity contribution >= 4 is 31.8 Å². The van der Waals surface area contributed by atoms with Crippen LogP contribution < -0.4 is 4.57 Å². The second-order valence-corrected chi connectivity index (χ2v) is 11.7. The number of pyridine rings is 1. The minimum absolute atomic E-state index is 0.326. The molecule has 2 aromatic carbocycles. The second-order valence-electron chi connectivity index (χ2n) is 10.1. The van der Waals surface area contributed by atoms with Gasteiger partial charge in [-0.15, -0.1) is 0 Å². The monoisotopic (exact) mass is 552 g/mol. The molecule has 1 heterocycles. The lowest BCUT2D eigenvalue weighted by Gasteiger charge is -2.08. The summed E-state index contributed by atoms with van der Waals surface area (Å²) < 4.78 is 64.4. The van der Waals surface area contributed by atoms with Gasteiger partial charge in [-0.05, 0) is 25.0 Å². The van der Waals surface area contributed by atoms with Crippen molar-refractivity contribution in [1.82, 2.24) is 0 Å². The van der Waals surface area contributed by atoms with Gasteiger partial charge in [0.2, 0.25) is 5.52 Å². The molecule has 0 radical (unpaired) electrons. The Kier molecular flexibility index (Phi) is 12.3. The molecule has 0 fully saturated rings. The van der Waals surface area contributed by atoms with E-state index in [0.29, 0.717) is 12.8 Å². The van der Waals surface area contributed by atoms with Gasteiger partial charge in [0.1, 0.15) is 6.54 Å². The third-order valence-corrected chi connectivity index (χ3v) is 8.12. The fourth-order valence-electron chi connectivity index (χ4n) is 4.97. The fraction of sp³-hybridized carbons (Fsp3) is 0.567.